The summed E-state index contributed by atoms with van der Waals surface area (Å²) in [5.74, 6) is 0. The zero-order valence-corrected chi connectivity index (χ0v) is 58.0. The van der Waals surface area contributed by atoms with Crippen LogP contribution in [0.2, 0.25) is 0 Å². The molecule has 2 aliphatic carbocycles. The van der Waals surface area contributed by atoms with E-state index in [0.29, 0.717) is 0 Å². The highest BCUT2D eigenvalue weighted by Gasteiger charge is 2.35. The Kier molecular flexibility index (Phi) is 13.5. The van der Waals surface area contributed by atoms with Gasteiger partial charge in [-0.2, -0.15) is 0 Å². The highest BCUT2D eigenvalue weighted by Crippen LogP contribution is 2.63. The molecule has 0 unspecified atom stereocenters. The SMILES string of the molecule is c1ccc(-c2c3c(c(-c4ccccc4)c4ccccc24)-c2ccc4c5ccc6c7c(ccc(c8ccc-3c2c84)c75)-c2c-6c(-c3ccccc3)c3ccccc3c2-c2ccccc2)cc1.c1ccc(-c2ccc(-c3c4ccccc4c(-c4ccc(-c5ccccc5)cc4)c4cc5ccccc5cc34)cc2)cc1. The fourth-order valence-corrected chi connectivity index (χ4v) is 18.7. The highest BCUT2D eigenvalue weighted by molar-refractivity contribution is 6.42. The zero-order valence-electron chi connectivity index (χ0n) is 58.0. The Morgan fingerprint density at radius 2 is 0.302 bits per heavy atom. The lowest BCUT2D eigenvalue weighted by Gasteiger charge is -2.20. The first-order valence-corrected chi connectivity index (χ1v) is 37.0. The summed E-state index contributed by atoms with van der Waals surface area (Å²) < 4.78 is 0. The van der Waals surface area contributed by atoms with Crippen molar-refractivity contribution >= 4 is 97.0 Å². The molecule has 0 atom stereocenters. The molecule has 0 saturated carbocycles. The van der Waals surface area contributed by atoms with Gasteiger partial charge in [-0.3, -0.25) is 0 Å². The molecule has 0 radical (unpaired) electrons. The van der Waals surface area contributed by atoms with Crippen LogP contribution in [0, 0.1) is 0 Å². The summed E-state index contributed by atoms with van der Waals surface area (Å²) in [5, 5.41) is 23.5. The van der Waals surface area contributed by atoms with Crippen LogP contribution in [0.15, 0.2) is 388 Å². The van der Waals surface area contributed by atoms with Crippen LogP contribution in [0.1, 0.15) is 0 Å². The Bertz CT molecular complexity index is 6450. The molecule has 0 heteroatoms. The van der Waals surface area contributed by atoms with E-state index in [2.05, 4.69) is 388 Å². The number of benzene rings is 21. The molecule has 0 amide bonds. The van der Waals surface area contributed by atoms with Crippen LogP contribution in [0.3, 0.4) is 0 Å². The first-order chi connectivity index (χ1) is 52.7. The van der Waals surface area contributed by atoms with Crippen molar-refractivity contribution in [2.75, 3.05) is 0 Å². The van der Waals surface area contributed by atoms with Crippen molar-refractivity contribution < 1.29 is 0 Å². The first-order valence-electron chi connectivity index (χ1n) is 37.0. The second kappa shape index (κ2) is 23.9. The fourth-order valence-electron chi connectivity index (χ4n) is 18.7. The molecule has 23 rings (SSSR count). The van der Waals surface area contributed by atoms with Crippen LogP contribution < -0.4 is 0 Å². The lowest BCUT2D eigenvalue weighted by Crippen LogP contribution is -1.93. The summed E-state index contributed by atoms with van der Waals surface area (Å²) in [6, 6.07) is 144. The van der Waals surface area contributed by atoms with E-state index in [4.69, 9.17) is 0 Å². The van der Waals surface area contributed by atoms with E-state index in [1.807, 2.05) is 0 Å². The van der Waals surface area contributed by atoms with Gasteiger partial charge in [-0.05, 0) is 243 Å². The summed E-state index contributed by atoms with van der Waals surface area (Å²) in [5.41, 5.74) is 30.9. The van der Waals surface area contributed by atoms with Gasteiger partial charge < -0.3 is 0 Å². The van der Waals surface area contributed by atoms with E-state index in [9.17, 15) is 0 Å². The van der Waals surface area contributed by atoms with Crippen molar-refractivity contribution in [2.24, 2.45) is 0 Å². The van der Waals surface area contributed by atoms with E-state index in [-0.39, 0.29) is 0 Å². The molecule has 0 fully saturated rings. The van der Waals surface area contributed by atoms with Crippen molar-refractivity contribution in [1.82, 2.24) is 0 Å². The predicted octanol–water partition coefficient (Wildman–Crippen LogP) is 29.8. The van der Waals surface area contributed by atoms with Crippen molar-refractivity contribution in [3.05, 3.63) is 388 Å². The summed E-state index contributed by atoms with van der Waals surface area (Å²) >= 11 is 0. The van der Waals surface area contributed by atoms with Gasteiger partial charge in [-0.1, -0.05) is 376 Å². The molecule has 21 aromatic rings. The maximum Gasteiger partial charge on any atom is -0.000740 e. The van der Waals surface area contributed by atoms with Crippen LogP contribution in [-0.4, -0.2) is 0 Å². The van der Waals surface area contributed by atoms with Crippen molar-refractivity contribution in [3.63, 3.8) is 0 Å². The van der Waals surface area contributed by atoms with E-state index in [1.165, 1.54) is 230 Å². The minimum Gasteiger partial charge on any atom is -0.0622 e. The molecule has 0 spiro atoms. The molecule has 488 valence electrons. The van der Waals surface area contributed by atoms with Gasteiger partial charge >= 0.3 is 0 Å². The van der Waals surface area contributed by atoms with Gasteiger partial charge in [-0.15, -0.1) is 0 Å². The topological polar surface area (TPSA) is 0 Å². The van der Waals surface area contributed by atoms with Crippen LogP contribution in [0.4, 0.5) is 0 Å². The minimum absolute atomic E-state index is 1.23. The molecule has 0 N–H and O–H groups in total. The standard InChI is InChI=1S/C64H36.C42H28/c1-5-17-37(18-6-1)53-41-25-13-14-26-42(41)54(38-19-7-2-8-20-38)62-50-34-30-46-48-32-36-52-60-51(35-31-47(58(48)60)45-29-33-49(61(53)62)59(50)57(45)46)63-55(39-21-9-3-10-22-39)43-27-15-16-28-44(43)56(64(52)63)40-23-11-4-12-24-40;1-3-11-29(12-4-1)31-19-23-33(24-20-31)41-37-17-9-10-18-38(37)42(40-28-36-16-8-7-15-35(36)27-39(40)41)34-25-21-32(22-26-34)30-13-5-2-6-14-30/h1-36H;1-28H. The van der Waals surface area contributed by atoms with E-state index in [1.54, 1.807) is 0 Å². The molecule has 0 bridgehead atoms. The summed E-state index contributed by atoms with van der Waals surface area (Å²) in [6.07, 6.45) is 0. The fraction of sp³-hybridized carbons (Fsp3) is 0. The molecule has 21 aromatic carbocycles. The third kappa shape index (κ3) is 9.02. The normalized spacial score (nSPS) is 12.0. The van der Waals surface area contributed by atoms with Gasteiger partial charge in [0, 0.05) is 0 Å². The van der Waals surface area contributed by atoms with E-state index < -0.39 is 0 Å². The lowest BCUT2D eigenvalue weighted by atomic mass is 9.82. The molecule has 2 aliphatic rings. The Labute approximate surface area is 614 Å². The molecule has 0 nitrogen and oxygen atoms in total. The second-order valence-electron chi connectivity index (χ2n) is 28.6. The zero-order chi connectivity index (χ0) is 69.5. The first kappa shape index (κ1) is 59.9. The molecular weight excluding hydrogens is 1270 g/mol. The third-order valence-corrected chi connectivity index (χ3v) is 23.1. The van der Waals surface area contributed by atoms with E-state index in [0.717, 1.165) is 0 Å². The van der Waals surface area contributed by atoms with E-state index >= 15 is 0 Å². The maximum absolute atomic E-state index is 2.45. The quantitative estimate of drug-likeness (QED) is 0.105. The number of hydrogen-bond acceptors (Lipinski definition) is 0. The highest BCUT2D eigenvalue weighted by atomic mass is 14.4. The maximum atomic E-state index is 2.45. The lowest BCUT2D eigenvalue weighted by molar-refractivity contribution is 1.60. The molecule has 106 heavy (non-hydrogen) atoms. The van der Waals surface area contributed by atoms with Crippen LogP contribution in [-0.2, 0) is 0 Å². The number of rotatable bonds is 8. The molecule has 0 aliphatic heterocycles. The van der Waals surface area contributed by atoms with Gasteiger partial charge in [0.2, 0.25) is 0 Å². The van der Waals surface area contributed by atoms with Gasteiger partial charge in [0.05, 0.1) is 0 Å². The Balaban J connectivity index is 0.000000145. The average molecular weight is 1340 g/mol. The molecule has 0 heterocycles. The number of hydrogen-bond donors (Lipinski definition) is 0. The Hall–Kier alpha value is -13.8. The summed E-state index contributed by atoms with van der Waals surface area (Å²) in [4.78, 5) is 0. The van der Waals surface area contributed by atoms with Crippen LogP contribution in [0.5, 0.6) is 0 Å². The van der Waals surface area contributed by atoms with Gasteiger partial charge in [0.25, 0.3) is 0 Å². The monoisotopic (exact) mass is 1340 g/mol. The molecule has 0 aromatic heterocycles. The summed E-state index contributed by atoms with van der Waals surface area (Å²) in [6.45, 7) is 0. The van der Waals surface area contributed by atoms with Gasteiger partial charge in [-0.25, -0.2) is 0 Å². The van der Waals surface area contributed by atoms with Crippen LogP contribution >= 0.6 is 0 Å². The minimum atomic E-state index is 1.23. The number of fused-ring (bicyclic) bond motifs is 13. The van der Waals surface area contributed by atoms with Gasteiger partial charge in [0.1, 0.15) is 0 Å². The van der Waals surface area contributed by atoms with Crippen LogP contribution in [0.25, 0.3) is 230 Å². The van der Waals surface area contributed by atoms with Crippen molar-refractivity contribution in [2.45, 2.75) is 0 Å². The molecular formula is C106H64. The largest absolute Gasteiger partial charge is 0.0622 e. The Morgan fingerprint density at radius 1 is 0.104 bits per heavy atom. The third-order valence-electron chi connectivity index (χ3n) is 23.1. The molecule has 0 saturated heterocycles. The van der Waals surface area contributed by atoms with Gasteiger partial charge in [0.15, 0.2) is 0 Å². The average Bonchev–Trinajstić information content (AvgIpc) is 1.51. The Morgan fingerprint density at radius 3 is 0.566 bits per heavy atom. The smallest absolute Gasteiger partial charge is 0.000740 e. The summed E-state index contributed by atoms with van der Waals surface area (Å²) in [7, 11) is 0. The van der Waals surface area contributed by atoms with Crippen molar-refractivity contribution in [3.8, 4) is 134 Å². The van der Waals surface area contributed by atoms with Crippen molar-refractivity contribution in [1.29, 1.82) is 0 Å². The predicted molar refractivity (Wildman–Crippen MR) is 454 cm³/mol. The second-order valence-corrected chi connectivity index (χ2v) is 28.6.